The zero-order valence-corrected chi connectivity index (χ0v) is 12.3. The van der Waals surface area contributed by atoms with E-state index < -0.39 is 30.9 Å². The molecule has 10 heteroatoms. The Kier molecular flexibility index (Phi) is 4.88. The molecule has 2 aromatic rings. The number of carboxylic acid groups (broad SMARTS) is 1. The topological polar surface area (TPSA) is 81.7 Å². The van der Waals surface area contributed by atoms with Crippen LogP contribution in [-0.4, -0.2) is 28.4 Å². The first-order valence-corrected chi connectivity index (χ1v) is 6.79. The van der Waals surface area contributed by atoms with E-state index in [1.165, 1.54) is 12.1 Å². The molecule has 23 heavy (non-hydrogen) atoms. The second-order valence-electron chi connectivity index (χ2n) is 4.63. The van der Waals surface area contributed by atoms with Crippen LogP contribution in [0.3, 0.4) is 0 Å². The number of hydrogen-bond acceptors (Lipinski definition) is 4. The monoisotopic (exact) mass is 353 g/mol. The highest BCUT2D eigenvalue weighted by Gasteiger charge is 2.27. The minimum atomic E-state index is -4.36. The first-order valence-electron chi connectivity index (χ1n) is 6.41. The Hall–Kier alpha value is -2.16. The average molecular weight is 354 g/mol. The van der Waals surface area contributed by atoms with E-state index in [2.05, 4.69) is 0 Å². The lowest BCUT2D eigenvalue weighted by molar-refractivity contribution is -0.139. The number of ether oxygens (including phenoxy) is 1. The third-order valence-electron chi connectivity index (χ3n) is 2.91. The molecule has 0 unspecified atom stereocenters. The van der Waals surface area contributed by atoms with Gasteiger partial charge in [0.25, 0.3) is 0 Å². The summed E-state index contributed by atoms with van der Waals surface area (Å²) in [7, 11) is 0. The third-order valence-corrected chi connectivity index (χ3v) is 3.21. The molecule has 1 aromatic heterocycles. The van der Waals surface area contributed by atoms with Crippen LogP contribution in [0.15, 0.2) is 21.3 Å². The van der Waals surface area contributed by atoms with Crippen molar-refractivity contribution in [1.82, 2.24) is 4.57 Å². The zero-order chi connectivity index (χ0) is 17.2. The summed E-state index contributed by atoms with van der Waals surface area (Å²) < 4.78 is 47.2. The van der Waals surface area contributed by atoms with Gasteiger partial charge >= 0.3 is 17.9 Å². The van der Waals surface area contributed by atoms with Crippen LogP contribution in [0.4, 0.5) is 13.2 Å². The number of carboxylic acids is 1. The van der Waals surface area contributed by atoms with Gasteiger partial charge in [-0.15, -0.1) is 0 Å². The minimum Gasteiger partial charge on any atom is -0.492 e. The molecule has 0 bridgehead atoms. The van der Waals surface area contributed by atoms with Crippen molar-refractivity contribution in [1.29, 1.82) is 0 Å². The molecule has 1 N–H and O–H groups in total. The van der Waals surface area contributed by atoms with Gasteiger partial charge in [0.2, 0.25) is 0 Å². The van der Waals surface area contributed by atoms with Gasteiger partial charge in [-0.2, -0.15) is 13.2 Å². The van der Waals surface area contributed by atoms with Gasteiger partial charge in [-0.3, -0.25) is 9.36 Å². The molecule has 1 heterocycles. The number of nitrogens with zero attached hydrogens (tertiary/aromatic N) is 1. The average Bonchev–Trinajstić information content (AvgIpc) is 2.70. The summed E-state index contributed by atoms with van der Waals surface area (Å²) in [5.41, 5.74) is 0.288. The maximum atomic E-state index is 12.1. The number of halogens is 4. The highest BCUT2D eigenvalue weighted by molar-refractivity contribution is 6.32. The number of fused-ring (bicyclic) bond motifs is 1. The summed E-state index contributed by atoms with van der Waals surface area (Å²) in [6, 6.07) is 2.49. The minimum absolute atomic E-state index is 0.00968. The van der Waals surface area contributed by atoms with Crippen LogP contribution in [0.1, 0.15) is 12.8 Å². The number of hydrogen-bond donors (Lipinski definition) is 1. The van der Waals surface area contributed by atoms with E-state index in [9.17, 15) is 22.8 Å². The maximum Gasteiger partial charge on any atom is 0.419 e. The number of aryl methyl sites for hydroxylation is 1. The second kappa shape index (κ2) is 6.53. The Morgan fingerprint density at radius 3 is 2.70 bits per heavy atom. The number of aromatic nitrogens is 1. The molecule has 0 amide bonds. The van der Waals surface area contributed by atoms with E-state index in [-0.39, 0.29) is 34.8 Å². The fraction of sp³-hybridized carbons (Fsp3) is 0.385. The van der Waals surface area contributed by atoms with E-state index in [1.807, 2.05) is 0 Å². The lowest BCUT2D eigenvalue weighted by atomic mass is 10.3. The van der Waals surface area contributed by atoms with Gasteiger partial charge < -0.3 is 14.3 Å². The van der Waals surface area contributed by atoms with Crippen LogP contribution >= 0.6 is 11.6 Å². The van der Waals surface area contributed by atoms with Gasteiger partial charge in [0.15, 0.2) is 5.58 Å². The maximum absolute atomic E-state index is 12.1. The summed E-state index contributed by atoms with van der Waals surface area (Å²) in [6.45, 7) is -0.746. The smallest absolute Gasteiger partial charge is 0.419 e. The fourth-order valence-corrected chi connectivity index (χ4v) is 2.08. The van der Waals surface area contributed by atoms with E-state index >= 15 is 0 Å². The van der Waals surface area contributed by atoms with Gasteiger partial charge in [0.05, 0.1) is 30.0 Å². The highest BCUT2D eigenvalue weighted by Crippen LogP contribution is 2.31. The number of carbonyl (C=O) groups is 1. The van der Waals surface area contributed by atoms with Crippen LogP contribution in [0.5, 0.6) is 5.75 Å². The van der Waals surface area contributed by atoms with Gasteiger partial charge in [0, 0.05) is 12.6 Å². The molecule has 2 rings (SSSR count). The number of alkyl halides is 3. The highest BCUT2D eigenvalue weighted by atomic mass is 35.5. The van der Waals surface area contributed by atoms with Gasteiger partial charge in [-0.1, -0.05) is 11.6 Å². The third kappa shape index (κ3) is 4.41. The Labute approximate surface area is 132 Å². The van der Waals surface area contributed by atoms with E-state index in [0.29, 0.717) is 0 Å². The predicted molar refractivity (Wildman–Crippen MR) is 73.9 cm³/mol. The van der Waals surface area contributed by atoms with Crippen LogP contribution in [0, 0.1) is 0 Å². The summed E-state index contributed by atoms with van der Waals surface area (Å²) in [4.78, 5) is 22.3. The van der Waals surface area contributed by atoms with Gasteiger partial charge in [0.1, 0.15) is 5.75 Å². The van der Waals surface area contributed by atoms with Crippen molar-refractivity contribution >= 4 is 28.7 Å². The van der Waals surface area contributed by atoms with Crippen LogP contribution in [-0.2, 0) is 11.3 Å². The fourth-order valence-electron chi connectivity index (χ4n) is 1.87. The summed E-state index contributed by atoms with van der Waals surface area (Å²) in [6.07, 6.45) is -5.80. The van der Waals surface area contributed by atoms with Crippen molar-refractivity contribution in [3.05, 3.63) is 27.7 Å². The van der Waals surface area contributed by atoms with Gasteiger partial charge in [-0.25, -0.2) is 4.79 Å². The number of aliphatic carboxylic acids is 1. The van der Waals surface area contributed by atoms with Crippen molar-refractivity contribution < 1.29 is 32.2 Å². The molecule has 126 valence electrons. The van der Waals surface area contributed by atoms with E-state index in [0.717, 1.165) is 4.57 Å². The largest absolute Gasteiger partial charge is 0.492 e. The van der Waals surface area contributed by atoms with Crippen molar-refractivity contribution in [3.63, 3.8) is 0 Å². The first-order chi connectivity index (χ1) is 10.7. The SMILES string of the molecule is O=C(O)CCn1c(=O)oc2cc(OCCC(F)(F)F)c(Cl)cc21. The molecule has 0 fully saturated rings. The lowest BCUT2D eigenvalue weighted by Crippen LogP contribution is -2.16. The first kappa shape index (κ1) is 17.2. The van der Waals surface area contributed by atoms with E-state index in [4.69, 9.17) is 25.9 Å². The normalized spacial score (nSPS) is 11.8. The molecule has 0 atom stereocenters. The standard InChI is InChI=1S/C13H11ClF3NO5/c14-7-5-8-10(6-9(7)22-4-2-13(15,16)17)23-12(21)18(8)3-1-11(19)20/h5-6H,1-4H2,(H,19,20). The molecule has 0 aliphatic heterocycles. The Balaban J connectivity index is 2.25. The number of rotatable bonds is 6. The lowest BCUT2D eigenvalue weighted by Gasteiger charge is -2.10. The summed E-state index contributed by atoms with van der Waals surface area (Å²) in [5.74, 6) is -1.93. The molecule has 0 aliphatic rings. The molecule has 0 saturated carbocycles. The molecule has 1 aromatic carbocycles. The Morgan fingerprint density at radius 1 is 1.39 bits per heavy atom. The molecular formula is C13H11ClF3NO5. The summed E-state index contributed by atoms with van der Waals surface area (Å²) in [5, 5.41) is 8.64. The Morgan fingerprint density at radius 2 is 2.09 bits per heavy atom. The zero-order valence-electron chi connectivity index (χ0n) is 11.5. The molecule has 0 radical (unpaired) electrons. The van der Waals surface area contributed by atoms with Crippen molar-refractivity contribution in [3.8, 4) is 5.75 Å². The molecular weight excluding hydrogens is 343 g/mol. The van der Waals surface area contributed by atoms with Crippen LogP contribution in [0.25, 0.3) is 11.1 Å². The van der Waals surface area contributed by atoms with Crippen LogP contribution < -0.4 is 10.5 Å². The molecule has 6 nitrogen and oxygen atoms in total. The number of benzene rings is 1. The quantitative estimate of drug-likeness (QED) is 0.863. The number of oxazole rings is 1. The van der Waals surface area contributed by atoms with Crippen molar-refractivity contribution in [2.75, 3.05) is 6.61 Å². The van der Waals surface area contributed by atoms with E-state index in [1.54, 1.807) is 0 Å². The molecule has 0 spiro atoms. The van der Waals surface area contributed by atoms with Crippen LogP contribution in [0.2, 0.25) is 5.02 Å². The van der Waals surface area contributed by atoms with Gasteiger partial charge in [-0.05, 0) is 6.07 Å². The molecule has 0 aliphatic carbocycles. The van der Waals surface area contributed by atoms with Crippen molar-refractivity contribution in [2.45, 2.75) is 25.6 Å². The molecule has 0 saturated heterocycles. The summed E-state index contributed by atoms with van der Waals surface area (Å²) >= 11 is 5.92. The predicted octanol–water partition coefficient (Wildman–Crippen LogP) is 3.05. The Bertz CT molecular complexity index is 780. The second-order valence-corrected chi connectivity index (χ2v) is 5.03. The van der Waals surface area contributed by atoms with Crippen molar-refractivity contribution in [2.24, 2.45) is 0 Å².